The number of fused-ring (bicyclic) bond motifs is 1. The standard InChI is InChI=1S/C16H13Br/c1-11-10-15(17)13-8-5-9-14(13)16(11)12-6-3-2-4-7-12/h2-8,10H,9H2,1H3. The van der Waals surface area contributed by atoms with Gasteiger partial charge in [0.25, 0.3) is 0 Å². The van der Waals surface area contributed by atoms with Crippen LogP contribution in [0.2, 0.25) is 0 Å². The highest BCUT2D eigenvalue weighted by Crippen LogP contribution is 2.38. The molecule has 0 spiro atoms. The Bertz CT molecular complexity index is 595. The van der Waals surface area contributed by atoms with Crippen LogP contribution < -0.4 is 0 Å². The van der Waals surface area contributed by atoms with E-state index in [2.05, 4.69) is 71.4 Å². The number of hydrogen-bond donors (Lipinski definition) is 0. The van der Waals surface area contributed by atoms with E-state index in [1.54, 1.807) is 0 Å². The van der Waals surface area contributed by atoms with Crippen molar-refractivity contribution in [2.24, 2.45) is 0 Å². The Morgan fingerprint density at radius 1 is 1.12 bits per heavy atom. The number of aryl methyl sites for hydroxylation is 1. The van der Waals surface area contributed by atoms with E-state index in [4.69, 9.17) is 0 Å². The number of halogens is 1. The van der Waals surface area contributed by atoms with E-state index >= 15 is 0 Å². The topological polar surface area (TPSA) is 0 Å². The molecule has 84 valence electrons. The lowest BCUT2D eigenvalue weighted by Gasteiger charge is -2.14. The molecule has 0 amide bonds. The molecule has 0 saturated heterocycles. The lowest BCUT2D eigenvalue weighted by molar-refractivity contribution is 1.27. The number of benzene rings is 2. The average Bonchev–Trinajstić information content (AvgIpc) is 2.79. The molecule has 0 aromatic heterocycles. The van der Waals surface area contributed by atoms with E-state index in [1.807, 2.05) is 0 Å². The largest absolute Gasteiger partial charge is 0.0794 e. The zero-order chi connectivity index (χ0) is 11.8. The minimum Gasteiger partial charge on any atom is -0.0794 e. The molecule has 17 heavy (non-hydrogen) atoms. The van der Waals surface area contributed by atoms with Crippen molar-refractivity contribution in [3.8, 4) is 11.1 Å². The van der Waals surface area contributed by atoms with Crippen LogP contribution in [0.1, 0.15) is 16.7 Å². The van der Waals surface area contributed by atoms with Gasteiger partial charge in [0.15, 0.2) is 0 Å². The van der Waals surface area contributed by atoms with Gasteiger partial charge in [-0.25, -0.2) is 0 Å². The molecular formula is C16H13Br. The van der Waals surface area contributed by atoms with Crippen LogP contribution >= 0.6 is 15.9 Å². The first-order chi connectivity index (χ1) is 8.27. The maximum Gasteiger partial charge on any atom is 0.0253 e. The molecule has 0 atom stereocenters. The summed E-state index contributed by atoms with van der Waals surface area (Å²) in [6.07, 6.45) is 5.49. The van der Waals surface area contributed by atoms with Gasteiger partial charge in [-0.15, -0.1) is 0 Å². The van der Waals surface area contributed by atoms with Crippen molar-refractivity contribution in [1.29, 1.82) is 0 Å². The predicted molar refractivity (Wildman–Crippen MR) is 77.1 cm³/mol. The summed E-state index contributed by atoms with van der Waals surface area (Å²) in [6.45, 7) is 2.19. The Balaban J connectivity index is 2.29. The van der Waals surface area contributed by atoms with Crippen LogP contribution in [0.4, 0.5) is 0 Å². The molecule has 0 fully saturated rings. The quantitative estimate of drug-likeness (QED) is 0.692. The summed E-state index contributed by atoms with van der Waals surface area (Å²) >= 11 is 3.65. The van der Waals surface area contributed by atoms with Crippen molar-refractivity contribution in [3.05, 3.63) is 63.6 Å². The van der Waals surface area contributed by atoms with Crippen LogP contribution in [0.3, 0.4) is 0 Å². The van der Waals surface area contributed by atoms with Gasteiger partial charge < -0.3 is 0 Å². The van der Waals surface area contributed by atoms with E-state index in [-0.39, 0.29) is 0 Å². The molecule has 1 heteroatoms. The van der Waals surface area contributed by atoms with Crippen molar-refractivity contribution in [1.82, 2.24) is 0 Å². The summed E-state index contributed by atoms with van der Waals surface area (Å²) in [7, 11) is 0. The molecule has 0 saturated carbocycles. The van der Waals surface area contributed by atoms with E-state index < -0.39 is 0 Å². The fraction of sp³-hybridized carbons (Fsp3) is 0.125. The number of hydrogen-bond acceptors (Lipinski definition) is 0. The summed E-state index contributed by atoms with van der Waals surface area (Å²) in [4.78, 5) is 0. The lowest BCUT2D eigenvalue weighted by atomic mass is 9.92. The second-order valence-electron chi connectivity index (χ2n) is 4.42. The first-order valence-corrected chi connectivity index (χ1v) is 6.60. The molecule has 2 aromatic carbocycles. The second-order valence-corrected chi connectivity index (χ2v) is 5.27. The molecule has 0 nitrogen and oxygen atoms in total. The zero-order valence-corrected chi connectivity index (χ0v) is 11.3. The van der Waals surface area contributed by atoms with Gasteiger partial charge in [0.1, 0.15) is 0 Å². The summed E-state index contributed by atoms with van der Waals surface area (Å²) in [5, 5.41) is 0. The second kappa shape index (κ2) is 4.15. The molecule has 0 radical (unpaired) electrons. The smallest absolute Gasteiger partial charge is 0.0253 e. The summed E-state index contributed by atoms with van der Waals surface area (Å²) in [6, 6.07) is 12.9. The monoisotopic (exact) mass is 284 g/mol. The third-order valence-corrected chi connectivity index (χ3v) is 3.95. The Labute approximate surface area is 110 Å². The van der Waals surface area contributed by atoms with Crippen molar-refractivity contribution < 1.29 is 0 Å². The van der Waals surface area contributed by atoms with Crippen LogP contribution in [0.5, 0.6) is 0 Å². The van der Waals surface area contributed by atoms with Crippen molar-refractivity contribution in [3.63, 3.8) is 0 Å². The Morgan fingerprint density at radius 2 is 1.88 bits per heavy atom. The molecule has 0 N–H and O–H groups in total. The molecule has 0 unspecified atom stereocenters. The Morgan fingerprint density at radius 3 is 2.65 bits per heavy atom. The first kappa shape index (κ1) is 10.8. The highest BCUT2D eigenvalue weighted by Gasteiger charge is 2.16. The Hall–Kier alpha value is -1.34. The Kier molecular flexibility index (Phi) is 2.64. The molecule has 2 aromatic rings. The fourth-order valence-electron chi connectivity index (χ4n) is 2.55. The highest BCUT2D eigenvalue weighted by molar-refractivity contribution is 9.10. The van der Waals surface area contributed by atoms with Crippen molar-refractivity contribution >= 4 is 22.0 Å². The van der Waals surface area contributed by atoms with Crippen molar-refractivity contribution in [2.45, 2.75) is 13.3 Å². The minimum absolute atomic E-state index is 1.04. The lowest BCUT2D eigenvalue weighted by Crippen LogP contribution is -1.93. The van der Waals surface area contributed by atoms with Gasteiger partial charge >= 0.3 is 0 Å². The van der Waals surface area contributed by atoms with Crippen LogP contribution in [0, 0.1) is 6.92 Å². The van der Waals surface area contributed by atoms with Gasteiger partial charge in [-0.2, -0.15) is 0 Å². The normalized spacial score (nSPS) is 12.8. The molecular weight excluding hydrogens is 272 g/mol. The maximum absolute atomic E-state index is 3.65. The van der Waals surface area contributed by atoms with Crippen LogP contribution in [0.15, 0.2) is 46.9 Å². The van der Waals surface area contributed by atoms with Gasteiger partial charge in [-0.1, -0.05) is 58.4 Å². The molecule has 0 bridgehead atoms. The van der Waals surface area contributed by atoms with E-state index in [0.29, 0.717) is 0 Å². The summed E-state index contributed by atoms with van der Waals surface area (Å²) < 4.78 is 1.21. The van der Waals surface area contributed by atoms with Gasteiger partial charge in [0, 0.05) is 4.47 Å². The maximum atomic E-state index is 3.65. The number of rotatable bonds is 1. The van der Waals surface area contributed by atoms with Crippen LogP contribution in [0.25, 0.3) is 17.2 Å². The predicted octanol–water partition coefficient (Wildman–Crippen LogP) is 4.99. The van der Waals surface area contributed by atoms with Crippen molar-refractivity contribution in [2.75, 3.05) is 0 Å². The van der Waals surface area contributed by atoms with Crippen LogP contribution in [-0.2, 0) is 6.42 Å². The van der Waals surface area contributed by atoms with Gasteiger partial charge in [0.05, 0.1) is 0 Å². The molecule has 0 heterocycles. The summed E-state index contributed by atoms with van der Waals surface area (Å²) in [5.74, 6) is 0. The summed E-state index contributed by atoms with van der Waals surface area (Å²) in [5.41, 5.74) is 6.84. The van der Waals surface area contributed by atoms with Gasteiger partial charge in [-0.3, -0.25) is 0 Å². The van der Waals surface area contributed by atoms with E-state index in [0.717, 1.165) is 6.42 Å². The number of allylic oxidation sites excluding steroid dienone is 1. The average molecular weight is 285 g/mol. The minimum atomic E-state index is 1.04. The zero-order valence-electron chi connectivity index (χ0n) is 9.70. The van der Waals surface area contributed by atoms with Crippen LogP contribution in [-0.4, -0.2) is 0 Å². The molecule has 1 aliphatic rings. The van der Waals surface area contributed by atoms with E-state index in [9.17, 15) is 0 Å². The van der Waals surface area contributed by atoms with Gasteiger partial charge in [-0.05, 0) is 47.2 Å². The third-order valence-electron chi connectivity index (χ3n) is 3.29. The molecule has 0 aliphatic heterocycles. The van der Waals surface area contributed by atoms with E-state index in [1.165, 1.54) is 32.3 Å². The first-order valence-electron chi connectivity index (χ1n) is 5.81. The molecule has 3 rings (SSSR count). The fourth-order valence-corrected chi connectivity index (χ4v) is 3.27. The molecule has 1 aliphatic carbocycles. The highest BCUT2D eigenvalue weighted by atomic mass is 79.9. The SMILES string of the molecule is Cc1cc(Br)c2c(c1-c1ccccc1)CC=C2. The van der Waals surface area contributed by atoms with Gasteiger partial charge in [0.2, 0.25) is 0 Å². The third kappa shape index (κ3) is 1.75.